The predicted molar refractivity (Wildman–Crippen MR) is 244 cm³/mol. The number of nitrogens with one attached hydrogen (secondary N) is 7. The highest BCUT2D eigenvalue weighted by Gasteiger charge is 2.47. The van der Waals surface area contributed by atoms with Crippen molar-refractivity contribution >= 4 is 65.2 Å². The molecule has 3 saturated heterocycles. The molecule has 0 aromatic heterocycles. The van der Waals surface area contributed by atoms with E-state index in [0.29, 0.717) is 12.8 Å². The number of nitrogens with zero attached hydrogens (tertiary/aromatic N) is 2. The Kier molecular flexibility index (Phi) is 19.7. The summed E-state index contributed by atoms with van der Waals surface area (Å²) in [5.74, 6) is -11.2. The summed E-state index contributed by atoms with van der Waals surface area (Å²) in [6.07, 6.45) is -5.46. The van der Waals surface area contributed by atoms with Gasteiger partial charge in [-0.3, -0.25) is 53.3 Å². The van der Waals surface area contributed by atoms with Gasteiger partial charge in [0.2, 0.25) is 47.5 Å². The molecule has 3 fully saturated rings. The van der Waals surface area contributed by atoms with Crippen molar-refractivity contribution in [2.45, 2.75) is 128 Å². The maximum atomic E-state index is 14.6. The average Bonchev–Trinajstić information content (AvgIpc) is 3.88. The summed E-state index contributed by atoms with van der Waals surface area (Å²) in [6.45, 7) is 7.37. The molecular weight excluding hydrogens is 921 g/mol. The van der Waals surface area contributed by atoms with Crippen LogP contribution in [0, 0.1) is 11.8 Å². The Morgan fingerprint density at radius 2 is 1.56 bits per heavy atom. The second-order valence-electron chi connectivity index (χ2n) is 17.8. The van der Waals surface area contributed by atoms with Crippen LogP contribution in [0.1, 0.15) is 72.3 Å². The fourth-order valence-corrected chi connectivity index (χ4v) is 8.02. The molecule has 70 heavy (non-hydrogen) atoms. The lowest BCUT2D eigenvalue weighted by atomic mass is 9.95. The first-order valence-corrected chi connectivity index (χ1v) is 22.8. The number of carbonyl (C=O) groups is 11. The molecule has 384 valence electrons. The first-order valence-electron chi connectivity index (χ1n) is 22.8. The minimum Gasteiger partial charge on any atom is -0.508 e. The predicted octanol–water partition coefficient (Wildman–Crippen LogP) is -3.18. The SMILES string of the molecule is C/C=C1\NC(=O)[C@H](O)[C@@H](CC[C@@H](C)CC)NC(=O)[C@H](CC(N)=O)NC(=O)[C@H](Cc2ccccc2O)NC(=O)[C@@H]2C[C@H](C)CN2C(=O)[C@H]([C@@H](C)OC)NC(=O)[C@@H]([C@@H]2OC(=O)NC2=O)NC(=O)CN(C)C1=O. The molecule has 3 aliphatic rings. The van der Waals surface area contributed by atoms with Gasteiger partial charge in [0.15, 0.2) is 12.1 Å². The summed E-state index contributed by atoms with van der Waals surface area (Å²) < 4.78 is 10.5. The molecule has 1 aromatic rings. The fraction of sp³-hybridized carbons (Fsp3) is 0.578. The van der Waals surface area contributed by atoms with Gasteiger partial charge in [-0.2, -0.15) is 0 Å². The molecule has 3 aliphatic heterocycles. The van der Waals surface area contributed by atoms with Gasteiger partial charge in [-0.25, -0.2) is 4.79 Å². The van der Waals surface area contributed by atoms with E-state index in [1.165, 1.54) is 39.2 Å². The van der Waals surface area contributed by atoms with Gasteiger partial charge in [-0.1, -0.05) is 51.5 Å². The van der Waals surface area contributed by atoms with Gasteiger partial charge >= 0.3 is 6.09 Å². The Morgan fingerprint density at radius 3 is 2.16 bits per heavy atom. The van der Waals surface area contributed by atoms with Crippen molar-refractivity contribution in [3.63, 3.8) is 0 Å². The zero-order valence-corrected chi connectivity index (χ0v) is 40.1. The van der Waals surface area contributed by atoms with Gasteiger partial charge in [0.1, 0.15) is 35.6 Å². The number of alkyl carbamates (subject to hydrolysis) is 1. The number of para-hydroxylation sites is 1. The number of phenolic OH excluding ortho intramolecular Hbond substituents is 1. The molecule has 0 spiro atoms. The van der Waals surface area contributed by atoms with E-state index < -0.39 is 145 Å². The highest BCUT2D eigenvalue weighted by Crippen LogP contribution is 2.26. The van der Waals surface area contributed by atoms with Crippen molar-refractivity contribution in [2.75, 3.05) is 27.2 Å². The Labute approximate surface area is 403 Å². The molecule has 4 rings (SSSR count). The highest BCUT2D eigenvalue weighted by atomic mass is 16.6. The molecule has 11 N–H and O–H groups in total. The normalized spacial score (nSPS) is 28.7. The quantitative estimate of drug-likeness (QED) is 0.0978. The third-order valence-corrected chi connectivity index (χ3v) is 12.4. The Hall–Kier alpha value is -7.15. The van der Waals surface area contributed by atoms with E-state index in [9.17, 15) is 63.0 Å². The lowest BCUT2D eigenvalue weighted by Crippen LogP contribution is -2.63. The van der Waals surface area contributed by atoms with Crippen molar-refractivity contribution in [1.29, 1.82) is 0 Å². The van der Waals surface area contributed by atoms with Crippen LogP contribution in [-0.2, 0) is 63.8 Å². The minimum absolute atomic E-state index is 0.0239. The van der Waals surface area contributed by atoms with Crippen molar-refractivity contribution in [3.05, 3.63) is 41.6 Å². The number of aliphatic hydroxyl groups is 1. The third kappa shape index (κ3) is 14.4. The van der Waals surface area contributed by atoms with Gasteiger partial charge in [0.25, 0.3) is 17.7 Å². The number of nitrogens with two attached hydrogens (primary N) is 1. The first kappa shape index (κ1) is 55.4. The summed E-state index contributed by atoms with van der Waals surface area (Å²) >= 11 is 0. The largest absolute Gasteiger partial charge is 0.508 e. The van der Waals surface area contributed by atoms with Crippen LogP contribution in [0.4, 0.5) is 4.79 Å². The van der Waals surface area contributed by atoms with Crippen molar-refractivity contribution in [2.24, 2.45) is 17.6 Å². The lowest BCUT2D eigenvalue weighted by Gasteiger charge is -2.33. The molecule has 0 bridgehead atoms. The Morgan fingerprint density at radius 1 is 0.900 bits per heavy atom. The third-order valence-electron chi connectivity index (χ3n) is 12.4. The number of aromatic hydroxyl groups is 1. The van der Waals surface area contributed by atoms with Gasteiger partial charge in [0.05, 0.1) is 25.1 Å². The number of benzene rings is 1. The summed E-state index contributed by atoms with van der Waals surface area (Å²) in [7, 11) is 2.36. The lowest BCUT2D eigenvalue weighted by molar-refractivity contribution is -0.146. The van der Waals surface area contributed by atoms with Crippen LogP contribution in [0.3, 0.4) is 0 Å². The van der Waals surface area contributed by atoms with E-state index >= 15 is 0 Å². The number of likely N-dealkylation sites (N-methyl/N-ethyl adjacent to an activating group) is 1. The number of methoxy groups -OCH3 is 1. The number of allylic oxidation sites excluding steroid dienone is 1. The zero-order valence-electron chi connectivity index (χ0n) is 40.1. The van der Waals surface area contributed by atoms with E-state index in [0.717, 1.165) is 22.9 Å². The molecule has 0 unspecified atom stereocenters. The Balaban J connectivity index is 1.85. The van der Waals surface area contributed by atoms with Crippen LogP contribution in [0.25, 0.3) is 0 Å². The van der Waals surface area contributed by atoms with Gasteiger partial charge < -0.3 is 67.1 Å². The van der Waals surface area contributed by atoms with E-state index in [2.05, 4.69) is 31.9 Å². The summed E-state index contributed by atoms with van der Waals surface area (Å²) in [5, 5.41) is 38.6. The number of cyclic esters (lactones) is 1. The van der Waals surface area contributed by atoms with Crippen LogP contribution in [-0.4, -0.2) is 167 Å². The number of fused-ring (bicyclic) bond motifs is 1. The van der Waals surface area contributed by atoms with E-state index in [4.69, 9.17) is 15.2 Å². The van der Waals surface area contributed by atoms with Crippen molar-refractivity contribution < 1.29 is 72.4 Å². The molecule has 0 saturated carbocycles. The maximum absolute atomic E-state index is 14.6. The van der Waals surface area contributed by atoms with Crippen molar-refractivity contribution in [3.8, 4) is 5.75 Å². The van der Waals surface area contributed by atoms with Crippen LogP contribution in [0.2, 0.25) is 0 Å². The standard InChI is InChI=1S/C45H64N10O15/c1-8-21(3)14-15-26-35(59)41(64)47-25(9-2)43(66)54(6)20-32(58)51-34(36-42(65)53-45(68)70-36)40(63)52-33(23(5)69-7)44(67)55-19-22(4)16-29(55)39(62)50-27(17-24-12-10-11-13-30(24)56)37(60)49-28(18-31(46)57)38(61)48-26/h9-13,21-23,26-29,33-36,56,59H,8,14-20H2,1-7H3,(H2,46,57)(H,47,64)(H,48,61)(H,49,60)(H,50,62)(H,51,58)(H,52,63)(H,53,65,68)/b25-9-/t21-,22-,23+,26+,27-,28-,29-,33-,34+,35+,36-/m0/s1. The van der Waals surface area contributed by atoms with Gasteiger partial charge in [0, 0.05) is 27.1 Å². The number of ether oxygens (including phenoxy) is 2. The number of hydrogen-bond acceptors (Lipinski definition) is 15. The van der Waals surface area contributed by atoms with E-state index in [1.807, 2.05) is 19.2 Å². The smallest absolute Gasteiger partial charge is 0.414 e. The van der Waals surface area contributed by atoms with Crippen LogP contribution < -0.4 is 43.0 Å². The average molecular weight is 985 g/mol. The number of rotatable bonds is 11. The fourth-order valence-electron chi connectivity index (χ4n) is 8.02. The first-order chi connectivity index (χ1) is 33.0. The monoisotopic (exact) mass is 984 g/mol. The minimum atomic E-state index is -2.07. The second kappa shape index (κ2) is 24.9. The van der Waals surface area contributed by atoms with Gasteiger partial charge in [-0.05, 0) is 56.6 Å². The molecule has 25 heteroatoms. The second-order valence-corrected chi connectivity index (χ2v) is 17.8. The Bertz CT molecular complexity index is 2220. The highest BCUT2D eigenvalue weighted by molar-refractivity contribution is 6.06. The van der Waals surface area contributed by atoms with Crippen LogP contribution >= 0.6 is 0 Å². The number of phenols is 1. The van der Waals surface area contributed by atoms with Gasteiger partial charge in [-0.15, -0.1) is 0 Å². The number of imide groups is 1. The van der Waals surface area contributed by atoms with Crippen LogP contribution in [0.15, 0.2) is 36.0 Å². The molecule has 1 aromatic carbocycles. The van der Waals surface area contributed by atoms with Crippen LogP contribution in [0.5, 0.6) is 5.75 Å². The number of aliphatic hydroxyl groups excluding tert-OH is 1. The molecule has 11 atom stereocenters. The maximum Gasteiger partial charge on any atom is 0.414 e. The number of hydrogen-bond donors (Lipinski definition) is 10. The molecular formula is C45H64N10O15. The molecule has 0 radical (unpaired) electrons. The molecule has 3 heterocycles. The van der Waals surface area contributed by atoms with Crippen molar-refractivity contribution in [1.82, 2.24) is 47.0 Å². The topological polar surface area (TPSA) is 363 Å². The summed E-state index contributed by atoms with van der Waals surface area (Å²) in [6, 6.07) is -3.91. The molecule has 11 amide bonds. The van der Waals surface area contributed by atoms with E-state index in [-0.39, 0.29) is 42.5 Å². The summed E-state index contributed by atoms with van der Waals surface area (Å²) in [4.78, 5) is 152. The molecule has 0 aliphatic carbocycles. The molecule has 25 nitrogen and oxygen atoms in total. The summed E-state index contributed by atoms with van der Waals surface area (Å²) in [5.41, 5.74) is 5.25. The zero-order chi connectivity index (χ0) is 52.1. The van der Waals surface area contributed by atoms with E-state index in [1.54, 1.807) is 13.0 Å². The number of amides is 11. The number of carbonyl (C=O) groups excluding carboxylic acids is 11. The number of primary amides is 1.